The highest BCUT2D eigenvalue weighted by atomic mass is 32.1. The molecular formula is C13H9NO6S. The number of amides is 1. The molecule has 4 N–H and O–H groups in total. The van der Waals surface area contributed by atoms with Crippen molar-refractivity contribution in [1.82, 2.24) is 0 Å². The van der Waals surface area contributed by atoms with Gasteiger partial charge in [-0.1, -0.05) is 0 Å². The first kappa shape index (κ1) is 14.5. The molecule has 108 valence electrons. The number of carboxylic acids is 2. The average Bonchev–Trinajstić information content (AvgIpc) is 2.83. The number of aliphatic carboxylic acids is 1. The van der Waals surface area contributed by atoms with Crippen LogP contribution in [0.15, 0.2) is 30.3 Å². The van der Waals surface area contributed by atoms with Crippen LogP contribution in [0.3, 0.4) is 0 Å². The lowest BCUT2D eigenvalue weighted by Crippen LogP contribution is -2.22. The summed E-state index contributed by atoms with van der Waals surface area (Å²) in [5.74, 6) is -4.23. The van der Waals surface area contributed by atoms with Crippen molar-refractivity contribution < 1.29 is 29.7 Å². The third-order valence-corrected chi connectivity index (χ3v) is 3.69. The molecule has 0 aliphatic carbocycles. The number of aromatic carboxylic acids is 1. The minimum Gasteiger partial charge on any atom is -0.508 e. The van der Waals surface area contributed by atoms with Crippen molar-refractivity contribution in [3.05, 3.63) is 35.2 Å². The summed E-state index contributed by atoms with van der Waals surface area (Å²) in [5, 5.41) is 28.9. The van der Waals surface area contributed by atoms with Gasteiger partial charge in [-0.2, -0.15) is 0 Å². The summed E-state index contributed by atoms with van der Waals surface area (Å²) < 4.78 is 0. The zero-order valence-electron chi connectivity index (χ0n) is 10.4. The second kappa shape index (κ2) is 5.63. The van der Waals surface area contributed by atoms with Crippen LogP contribution in [0.4, 0.5) is 5.69 Å². The summed E-state index contributed by atoms with van der Waals surface area (Å²) in [6.45, 7) is 0. The van der Waals surface area contributed by atoms with Crippen LogP contribution in [0.2, 0.25) is 0 Å². The summed E-state index contributed by atoms with van der Waals surface area (Å²) >= 11 is 0.891. The second-order valence-corrected chi connectivity index (χ2v) is 5.02. The molecule has 1 aromatic heterocycles. The molecule has 21 heavy (non-hydrogen) atoms. The Bertz CT molecular complexity index is 719. The Kier molecular flexibility index (Phi) is 3.90. The van der Waals surface area contributed by atoms with E-state index in [0.29, 0.717) is 10.4 Å². The number of benzene rings is 1. The number of aromatic hydroxyl groups is 1. The van der Waals surface area contributed by atoms with Gasteiger partial charge in [-0.15, -0.1) is 11.3 Å². The molecule has 0 fully saturated rings. The fourth-order valence-corrected chi connectivity index (χ4v) is 2.54. The standard InChI is InChI=1S/C13H9NO6S/c15-7-3-1-6(2-4-7)9-5-8(10(21-9)12(17)18)14-11(16)13(19)20/h1-5,15H,(H,14,16)(H,17,18)(H,19,20). The van der Waals surface area contributed by atoms with Gasteiger partial charge in [-0.05, 0) is 35.9 Å². The van der Waals surface area contributed by atoms with Crippen LogP contribution in [-0.4, -0.2) is 33.2 Å². The number of carbonyl (C=O) groups excluding carboxylic acids is 1. The fraction of sp³-hybridized carbons (Fsp3) is 0. The highest BCUT2D eigenvalue weighted by Crippen LogP contribution is 2.35. The predicted molar refractivity (Wildman–Crippen MR) is 74.6 cm³/mol. The quantitative estimate of drug-likeness (QED) is 0.641. The minimum atomic E-state index is -1.70. The molecule has 1 amide bonds. The highest BCUT2D eigenvalue weighted by Gasteiger charge is 2.20. The molecule has 2 aromatic rings. The average molecular weight is 307 g/mol. The summed E-state index contributed by atoms with van der Waals surface area (Å²) in [6.07, 6.45) is 0. The van der Waals surface area contributed by atoms with E-state index in [9.17, 15) is 19.5 Å². The largest absolute Gasteiger partial charge is 0.508 e. The number of phenolic OH excluding ortho intramolecular Hbond substituents is 1. The van der Waals surface area contributed by atoms with Crippen LogP contribution in [-0.2, 0) is 9.59 Å². The third-order valence-electron chi connectivity index (χ3n) is 2.52. The molecule has 1 aromatic carbocycles. The molecule has 0 spiro atoms. The minimum absolute atomic E-state index is 0.0631. The van der Waals surface area contributed by atoms with Crippen LogP contribution in [0.25, 0.3) is 10.4 Å². The SMILES string of the molecule is O=C(O)C(=O)Nc1cc(-c2ccc(O)cc2)sc1C(=O)O. The van der Waals surface area contributed by atoms with Gasteiger partial charge in [0.2, 0.25) is 0 Å². The van der Waals surface area contributed by atoms with E-state index in [1.165, 1.54) is 18.2 Å². The van der Waals surface area contributed by atoms with Crippen LogP contribution in [0, 0.1) is 0 Å². The van der Waals surface area contributed by atoms with Crippen molar-refractivity contribution in [1.29, 1.82) is 0 Å². The lowest BCUT2D eigenvalue weighted by Gasteiger charge is -1.99. The molecule has 8 heteroatoms. The summed E-state index contributed by atoms with van der Waals surface area (Å²) in [6, 6.07) is 7.41. The van der Waals surface area contributed by atoms with Gasteiger partial charge in [0.15, 0.2) is 0 Å². The zero-order chi connectivity index (χ0) is 15.6. The number of nitrogens with one attached hydrogen (secondary N) is 1. The van der Waals surface area contributed by atoms with Crippen molar-refractivity contribution in [2.45, 2.75) is 0 Å². The topological polar surface area (TPSA) is 124 Å². The van der Waals surface area contributed by atoms with Gasteiger partial charge in [-0.25, -0.2) is 9.59 Å². The number of thiophene rings is 1. The van der Waals surface area contributed by atoms with Crippen LogP contribution in [0.1, 0.15) is 9.67 Å². The van der Waals surface area contributed by atoms with Crippen molar-refractivity contribution in [2.24, 2.45) is 0 Å². The van der Waals surface area contributed by atoms with Crippen molar-refractivity contribution >= 4 is 34.9 Å². The summed E-state index contributed by atoms with van der Waals surface area (Å²) in [7, 11) is 0. The van der Waals surface area contributed by atoms with Gasteiger partial charge in [0, 0.05) is 4.88 Å². The molecule has 2 rings (SSSR count). The van der Waals surface area contributed by atoms with E-state index in [4.69, 9.17) is 10.2 Å². The first-order chi connectivity index (χ1) is 9.88. The van der Waals surface area contributed by atoms with E-state index in [1.807, 2.05) is 5.32 Å². The Balaban J connectivity index is 2.41. The van der Waals surface area contributed by atoms with E-state index in [0.717, 1.165) is 11.3 Å². The molecule has 0 radical (unpaired) electrons. The number of hydrogen-bond donors (Lipinski definition) is 4. The number of hydrogen-bond acceptors (Lipinski definition) is 5. The molecule has 0 unspecified atom stereocenters. The molecule has 0 saturated carbocycles. The van der Waals surface area contributed by atoms with Gasteiger partial charge in [0.05, 0.1) is 5.69 Å². The maximum Gasteiger partial charge on any atom is 0.394 e. The van der Waals surface area contributed by atoms with Crippen LogP contribution in [0.5, 0.6) is 5.75 Å². The number of carbonyl (C=O) groups is 3. The molecule has 7 nitrogen and oxygen atoms in total. The Hall–Kier alpha value is -2.87. The van der Waals surface area contributed by atoms with Crippen molar-refractivity contribution in [3.8, 4) is 16.2 Å². The molecule has 0 atom stereocenters. The molecule has 0 saturated heterocycles. The third kappa shape index (κ3) is 3.18. The van der Waals surface area contributed by atoms with E-state index < -0.39 is 17.8 Å². The molecular weight excluding hydrogens is 298 g/mol. The summed E-state index contributed by atoms with van der Waals surface area (Å²) in [5.41, 5.74) is 0.555. The Morgan fingerprint density at radius 3 is 2.19 bits per heavy atom. The van der Waals surface area contributed by atoms with Crippen molar-refractivity contribution in [3.63, 3.8) is 0 Å². The van der Waals surface area contributed by atoms with E-state index in [1.54, 1.807) is 12.1 Å². The Morgan fingerprint density at radius 2 is 1.67 bits per heavy atom. The lowest BCUT2D eigenvalue weighted by atomic mass is 10.2. The Labute approximate surface area is 122 Å². The van der Waals surface area contributed by atoms with Crippen molar-refractivity contribution in [2.75, 3.05) is 5.32 Å². The fourth-order valence-electron chi connectivity index (χ4n) is 1.59. The zero-order valence-corrected chi connectivity index (χ0v) is 11.2. The molecule has 1 heterocycles. The Morgan fingerprint density at radius 1 is 1.05 bits per heavy atom. The second-order valence-electron chi connectivity index (χ2n) is 3.96. The van der Waals surface area contributed by atoms with Gasteiger partial charge >= 0.3 is 17.8 Å². The molecule has 0 aliphatic heterocycles. The highest BCUT2D eigenvalue weighted by molar-refractivity contribution is 7.18. The molecule has 0 aliphatic rings. The van der Waals surface area contributed by atoms with Crippen LogP contribution >= 0.6 is 11.3 Å². The first-order valence-electron chi connectivity index (χ1n) is 5.59. The van der Waals surface area contributed by atoms with E-state index in [-0.39, 0.29) is 16.3 Å². The monoisotopic (exact) mass is 307 g/mol. The first-order valence-corrected chi connectivity index (χ1v) is 6.41. The lowest BCUT2D eigenvalue weighted by molar-refractivity contribution is -0.147. The van der Waals surface area contributed by atoms with Gasteiger partial charge in [-0.3, -0.25) is 4.79 Å². The van der Waals surface area contributed by atoms with Crippen LogP contribution < -0.4 is 5.32 Å². The number of anilines is 1. The predicted octanol–water partition coefficient (Wildman–Crippen LogP) is 1.84. The maximum atomic E-state index is 11.1. The van der Waals surface area contributed by atoms with E-state index in [2.05, 4.69) is 0 Å². The normalized spacial score (nSPS) is 10.1. The van der Waals surface area contributed by atoms with Gasteiger partial charge in [0.1, 0.15) is 10.6 Å². The number of phenols is 1. The smallest absolute Gasteiger partial charge is 0.394 e. The maximum absolute atomic E-state index is 11.1. The van der Waals surface area contributed by atoms with E-state index >= 15 is 0 Å². The van der Waals surface area contributed by atoms with Gasteiger partial charge in [0.25, 0.3) is 0 Å². The number of rotatable bonds is 3. The summed E-state index contributed by atoms with van der Waals surface area (Å²) in [4.78, 5) is 33.2. The molecule has 0 bridgehead atoms. The number of carboxylic acid groups (broad SMARTS) is 2. The van der Waals surface area contributed by atoms with Gasteiger partial charge < -0.3 is 20.6 Å².